The van der Waals surface area contributed by atoms with Crippen LogP contribution in [0.15, 0.2) is 23.1 Å². The molecule has 0 aliphatic carbocycles. The van der Waals surface area contributed by atoms with Gasteiger partial charge in [-0.1, -0.05) is 17.7 Å². The van der Waals surface area contributed by atoms with Crippen molar-refractivity contribution in [2.75, 3.05) is 25.9 Å². The fraction of sp³-hybridized carbons (Fsp3) is 0.600. The number of benzene rings is 1. The van der Waals surface area contributed by atoms with E-state index in [1.807, 2.05) is 13.0 Å². The summed E-state index contributed by atoms with van der Waals surface area (Å²) in [6.07, 6.45) is 2.54. The fourth-order valence-corrected chi connectivity index (χ4v) is 5.07. The molecular formula is C15H24N2O4S2. The number of nitrogens with one attached hydrogen (secondary N) is 1. The smallest absolute Gasteiger partial charge is 0.213 e. The van der Waals surface area contributed by atoms with Gasteiger partial charge in [0.25, 0.3) is 0 Å². The second-order valence-corrected chi connectivity index (χ2v) is 9.94. The van der Waals surface area contributed by atoms with E-state index in [1.54, 1.807) is 19.1 Å². The molecule has 23 heavy (non-hydrogen) atoms. The zero-order valence-corrected chi connectivity index (χ0v) is 15.4. The summed E-state index contributed by atoms with van der Waals surface area (Å²) in [5.41, 5.74) is 1.75. The van der Waals surface area contributed by atoms with Crippen molar-refractivity contribution >= 4 is 20.0 Å². The fourth-order valence-electron chi connectivity index (χ4n) is 2.85. The molecule has 0 amide bonds. The van der Waals surface area contributed by atoms with Gasteiger partial charge in [-0.15, -0.1) is 0 Å². The van der Waals surface area contributed by atoms with Crippen LogP contribution in [-0.4, -0.2) is 47.0 Å². The largest absolute Gasteiger partial charge is 0.240 e. The predicted octanol–water partition coefficient (Wildman–Crippen LogP) is 1.25. The van der Waals surface area contributed by atoms with E-state index in [1.165, 1.54) is 10.6 Å². The van der Waals surface area contributed by atoms with Crippen LogP contribution in [-0.2, 0) is 20.0 Å². The van der Waals surface area contributed by atoms with Crippen LogP contribution in [0.2, 0.25) is 0 Å². The van der Waals surface area contributed by atoms with Crippen molar-refractivity contribution in [3.05, 3.63) is 29.3 Å². The number of sulfonamides is 2. The lowest BCUT2D eigenvalue weighted by atomic mass is 9.99. The molecule has 130 valence electrons. The molecule has 0 unspecified atom stereocenters. The minimum Gasteiger partial charge on any atom is -0.213 e. The highest BCUT2D eigenvalue weighted by atomic mass is 32.2. The van der Waals surface area contributed by atoms with Gasteiger partial charge in [0.2, 0.25) is 20.0 Å². The average Bonchev–Trinajstić information content (AvgIpc) is 2.44. The van der Waals surface area contributed by atoms with Crippen molar-refractivity contribution in [1.29, 1.82) is 0 Å². The van der Waals surface area contributed by atoms with Crippen LogP contribution >= 0.6 is 0 Å². The molecule has 1 aromatic rings. The SMILES string of the molecule is Cc1ccc(S(=O)(=O)NCC2CCN(S(C)(=O)=O)CC2)c(C)c1. The monoisotopic (exact) mass is 360 g/mol. The first-order valence-corrected chi connectivity index (χ1v) is 10.9. The third kappa shape index (κ3) is 4.76. The Kier molecular flexibility index (Phi) is 5.50. The highest BCUT2D eigenvalue weighted by Gasteiger charge is 2.26. The summed E-state index contributed by atoms with van der Waals surface area (Å²) in [4.78, 5) is 0.302. The Morgan fingerprint density at radius 2 is 1.74 bits per heavy atom. The number of hydrogen-bond acceptors (Lipinski definition) is 4. The molecule has 0 atom stereocenters. The molecule has 1 aromatic carbocycles. The van der Waals surface area contributed by atoms with Gasteiger partial charge in [-0.2, -0.15) is 0 Å². The molecule has 2 rings (SSSR count). The molecule has 0 bridgehead atoms. The van der Waals surface area contributed by atoms with Crippen LogP contribution in [0, 0.1) is 19.8 Å². The first-order valence-electron chi connectivity index (χ1n) is 7.61. The van der Waals surface area contributed by atoms with Gasteiger partial charge in [0, 0.05) is 19.6 Å². The van der Waals surface area contributed by atoms with E-state index < -0.39 is 20.0 Å². The standard InChI is InChI=1S/C15H24N2O4S2/c1-12-4-5-15(13(2)10-12)23(20,21)16-11-14-6-8-17(9-7-14)22(3,18)19/h4-5,10,14,16H,6-9,11H2,1-3H3. The van der Waals surface area contributed by atoms with Crippen molar-refractivity contribution in [3.8, 4) is 0 Å². The van der Waals surface area contributed by atoms with E-state index in [-0.39, 0.29) is 5.92 Å². The Labute approximate surface area is 139 Å². The maximum absolute atomic E-state index is 12.4. The summed E-state index contributed by atoms with van der Waals surface area (Å²) >= 11 is 0. The van der Waals surface area contributed by atoms with Gasteiger partial charge in [0.05, 0.1) is 11.2 Å². The van der Waals surface area contributed by atoms with E-state index in [9.17, 15) is 16.8 Å². The van der Waals surface area contributed by atoms with E-state index in [4.69, 9.17) is 0 Å². The molecule has 8 heteroatoms. The summed E-state index contributed by atoms with van der Waals surface area (Å²) < 4.78 is 51.9. The first kappa shape index (κ1) is 18.4. The Balaban J connectivity index is 1.96. The topological polar surface area (TPSA) is 83.6 Å². The highest BCUT2D eigenvalue weighted by molar-refractivity contribution is 7.89. The lowest BCUT2D eigenvalue weighted by Gasteiger charge is -2.30. The molecule has 0 saturated carbocycles. The van der Waals surface area contributed by atoms with Gasteiger partial charge in [-0.05, 0) is 44.2 Å². The van der Waals surface area contributed by atoms with Crippen molar-refractivity contribution in [2.24, 2.45) is 5.92 Å². The van der Waals surface area contributed by atoms with Crippen LogP contribution in [0.3, 0.4) is 0 Å². The van der Waals surface area contributed by atoms with Gasteiger partial charge in [-0.3, -0.25) is 0 Å². The van der Waals surface area contributed by atoms with Crippen molar-refractivity contribution in [1.82, 2.24) is 9.03 Å². The van der Waals surface area contributed by atoms with Gasteiger partial charge < -0.3 is 0 Å². The van der Waals surface area contributed by atoms with Crippen LogP contribution in [0.4, 0.5) is 0 Å². The second-order valence-electron chi connectivity index (χ2n) is 6.23. The van der Waals surface area contributed by atoms with Gasteiger partial charge in [0.15, 0.2) is 0 Å². The van der Waals surface area contributed by atoms with E-state index in [0.29, 0.717) is 37.4 Å². The molecular weight excluding hydrogens is 336 g/mol. The zero-order valence-electron chi connectivity index (χ0n) is 13.7. The maximum atomic E-state index is 12.4. The minimum atomic E-state index is -3.53. The Morgan fingerprint density at radius 1 is 1.13 bits per heavy atom. The normalized spacial score (nSPS) is 18.2. The number of hydrogen-bond donors (Lipinski definition) is 1. The Morgan fingerprint density at radius 3 is 2.26 bits per heavy atom. The quantitative estimate of drug-likeness (QED) is 0.857. The third-order valence-electron chi connectivity index (χ3n) is 4.22. The van der Waals surface area contributed by atoms with Gasteiger partial charge >= 0.3 is 0 Å². The van der Waals surface area contributed by atoms with E-state index >= 15 is 0 Å². The van der Waals surface area contributed by atoms with E-state index in [0.717, 1.165) is 11.1 Å². The molecule has 6 nitrogen and oxygen atoms in total. The lowest BCUT2D eigenvalue weighted by Crippen LogP contribution is -2.41. The summed E-state index contributed by atoms with van der Waals surface area (Å²) in [6, 6.07) is 5.25. The molecule has 1 N–H and O–H groups in total. The molecule has 1 fully saturated rings. The van der Waals surface area contributed by atoms with Crippen LogP contribution < -0.4 is 4.72 Å². The summed E-state index contributed by atoms with van der Waals surface area (Å²) in [5.74, 6) is 0.161. The van der Waals surface area contributed by atoms with Crippen LogP contribution in [0.5, 0.6) is 0 Å². The predicted molar refractivity (Wildman–Crippen MR) is 90.2 cm³/mol. The van der Waals surface area contributed by atoms with E-state index in [2.05, 4.69) is 4.72 Å². The van der Waals surface area contributed by atoms with Gasteiger partial charge in [-0.25, -0.2) is 25.9 Å². The highest BCUT2D eigenvalue weighted by Crippen LogP contribution is 2.20. The zero-order chi connectivity index (χ0) is 17.3. The molecule has 0 aromatic heterocycles. The van der Waals surface area contributed by atoms with Crippen molar-refractivity contribution < 1.29 is 16.8 Å². The summed E-state index contributed by atoms with van der Waals surface area (Å²) in [5, 5.41) is 0. The first-order chi connectivity index (χ1) is 10.6. The number of piperidine rings is 1. The molecule has 1 heterocycles. The molecule has 1 saturated heterocycles. The van der Waals surface area contributed by atoms with Crippen molar-refractivity contribution in [2.45, 2.75) is 31.6 Å². The Bertz CT molecular complexity index is 765. The number of aryl methyl sites for hydroxylation is 2. The van der Waals surface area contributed by atoms with Gasteiger partial charge in [0.1, 0.15) is 0 Å². The maximum Gasteiger partial charge on any atom is 0.240 e. The molecule has 0 spiro atoms. The Hall–Kier alpha value is -0.960. The summed E-state index contributed by atoms with van der Waals surface area (Å²) in [7, 11) is -6.68. The summed E-state index contributed by atoms with van der Waals surface area (Å²) in [6.45, 7) is 4.95. The molecule has 1 aliphatic heterocycles. The molecule has 0 radical (unpaired) electrons. The van der Waals surface area contributed by atoms with Crippen LogP contribution in [0.25, 0.3) is 0 Å². The number of nitrogens with zero attached hydrogens (tertiary/aromatic N) is 1. The third-order valence-corrected chi connectivity index (χ3v) is 7.11. The lowest BCUT2D eigenvalue weighted by molar-refractivity contribution is 0.275. The van der Waals surface area contributed by atoms with Crippen LogP contribution in [0.1, 0.15) is 24.0 Å². The second kappa shape index (κ2) is 6.88. The number of rotatable bonds is 5. The van der Waals surface area contributed by atoms with Crippen molar-refractivity contribution in [3.63, 3.8) is 0 Å². The molecule has 1 aliphatic rings. The average molecular weight is 361 g/mol. The minimum absolute atomic E-state index is 0.161.